The highest BCUT2D eigenvalue weighted by Gasteiger charge is 2.18. The van der Waals surface area contributed by atoms with E-state index >= 15 is 0 Å². The van der Waals surface area contributed by atoms with E-state index < -0.39 is 0 Å². The van der Waals surface area contributed by atoms with Gasteiger partial charge in [-0.25, -0.2) is 0 Å². The molecule has 1 heterocycles. The zero-order chi connectivity index (χ0) is 23.9. The van der Waals surface area contributed by atoms with Crippen LogP contribution < -0.4 is 5.32 Å². The van der Waals surface area contributed by atoms with Crippen LogP contribution in [0, 0.1) is 0 Å². The lowest BCUT2D eigenvalue weighted by Gasteiger charge is -2.10. The van der Waals surface area contributed by atoms with Crippen molar-refractivity contribution in [2.24, 2.45) is 0 Å². The van der Waals surface area contributed by atoms with Gasteiger partial charge in [-0.2, -0.15) is 0 Å². The van der Waals surface area contributed by atoms with Crippen molar-refractivity contribution in [3.05, 3.63) is 133 Å². The molecule has 0 radical (unpaired) electrons. The van der Waals surface area contributed by atoms with E-state index in [0.29, 0.717) is 0 Å². The largest absolute Gasteiger partial charge is 0.453 e. The molecule has 0 fully saturated rings. The molecule has 7 rings (SSSR count). The van der Waals surface area contributed by atoms with E-state index in [1.807, 2.05) is 12.1 Å². The van der Waals surface area contributed by atoms with Crippen LogP contribution in [0.5, 0.6) is 0 Å². The zero-order valence-electron chi connectivity index (χ0n) is 19.6. The molecule has 0 saturated carbocycles. The molecule has 36 heavy (non-hydrogen) atoms. The minimum absolute atomic E-state index is 0.874. The SMILES string of the molecule is c1ccc(-c2ccc(Nc3cc4ccccc4c4c3oc3c(-c5ccccc5)cccc34)cc2)cc1. The van der Waals surface area contributed by atoms with E-state index in [0.717, 1.165) is 44.4 Å². The fourth-order valence-corrected chi connectivity index (χ4v) is 5.12. The van der Waals surface area contributed by atoms with Gasteiger partial charge in [-0.15, -0.1) is 0 Å². The Bertz CT molecular complexity index is 1830. The van der Waals surface area contributed by atoms with Gasteiger partial charge in [-0.05, 0) is 45.7 Å². The van der Waals surface area contributed by atoms with Crippen LogP contribution in [-0.4, -0.2) is 0 Å². The fourth-order valence-electron chi connectivity index (χ4n) is 5.12. The first kappa shape index (κ1) is 20.5. The summed E-state index contributed by atoms with van der Waals surface area (Å²) in [7, 11) is 0. The van der Waals surface area contributed by atoms with Gasteiger partial charge in [0.15, 0.2) is 5.58 Å². The predicted octanol–water partition coefficient (Wildman–Crippen LogP) is 9.82. The van der Waals surface area contributed by atoms with Crippen molar-refractivity contribution in [3.8, 4) is 22.3 Å². The molecule has 0 aliphatic heterocycles. The first-order chi connectivity index (χ1) is 17.8. The van der Waals surface area contributed by atoms with Gasteiger partial charge in [-0.3, -0.25) is 0 Å². The number of benzene rings is 6. The normalized spacial score (nSPS) is 11.3. The molecule has 170 valence electrons. The smallest absolute Gasteiger partial charge is 0.159 e. The van der Waals surface area contributed by atoms with Crippen LogP contribution in [0.4, 0.5) is 11.4 Å². The maximum absolute atomic E-state index is 6.68. The van der Waals surface area contributed by atoms with E-state index in [1.165, 1.54) is 21.9 Å². The van der Waals surface area contributed by atoms with Gasteiger partial charge in [0, 0.05) is 22.0 Å². The van der Waals surface area contributed by atoms with Crippen molar-refractivity contribution in [1.82, 2.24) is 0 Å². The number of hydrogen-bond donors (Lipinski definition) is 1. The summed E-state index contributed by atoms with van der Waals surface area (Å²) < 4.78 is 6.68. The summed E-state index contributed by atoms with van der Waals surface area (Å²) in [6, 6.07) is 46.6. The zero-order valence-corrected chi connectivity index (χ0v) is 19.6. The maximum atomic E-state index is 6.68. The minimum Gasteiger partial charge on any atom is -0.453 e. The van der Waals surface area contributed by atoms with Crippen LogP contribution in [0.3, 0.4) is 0 Å². The van der Waals surface area contributed by atoms with Crippen molar-refractivity contribution in [3.63, 3.8) is 0 Å². The molecule has 2 nitrogen and oxygen atoms in total. The van der Waals surface area contributed by atoms with Crippen LogP contribution >= 0.6 is 0 Å². The van der Waals surface area contributed by atoms with Crippen LogP contribution in [0.15, 0.2) is 138 Å². The molecule has 0 atom stereocenters. The molecule has 0 unspecified atom stereocenters. The fraction of sp³-hybridized carbons (Fsp3) is 0. The van der Waals surface area contributed by atoms with E-state index in [2.05, 4.69) is 127 Å². The van der Waals surface area contributed by atoms with Crippen molar-refractivity contribution in [2.75, 3.05) is 5.32 Å². The van der Waals surface area contributed by atoms with Gasteiger partial charge in [0.1, 0.15) is 5.58 Å². The highest BCUT2D eigenvalue weighted by Crippen LogP contribution is 2.43. The molecule has 0 bridgehead atoms. The van der Waals surface area contributed by atoms with Gasteiger partial charge in [-0.1, -0.05) is 115 Å². The Labute approximate surface area is 209 Å². The molecule has 1 N–H and O–H groups in total. The summed E-state index contributed by atoms with van der Waals surface area (Å²) >= 11 is 0. The summed E-state index contributed by atoms with van der Waals surface area (Å²) in [5.74, 6) is 0. The standard InChI is InChI=1S/C34H23NO/c1-3-10-23(11-4-1)24-18-20-27(21-19-24)35-31-22-26-14-7-8-15-28(26)32-30-17-9-16-29(33(30)36-34(31)32)25-12-5-2-6-13-25/h1-22,35H. The molecule has 2 heteroatoms. The average Bonchev–Trinajstić information content (AvgIpc) is 3.35. The summed E-state index contributed by atoms with van der Waals surface area (Å²) in [4.78, 5) is 0. The van der Waals surface area contributed by atoms with Crippen molar-refractivity contribution < 1.29 is 4.42 Å². The Morgan fingerprint density at radius 1 is 0.472 bits per heavy atom. The highest BCUT2D eigenvalue weighted by molar-refractivity contribution is 6.23. The van der Waals surface area contributed by atoms with Crippen molar-refractivity contribution in [1.29, 1.82) is 0 Å². The van der Waals surface area contributed by atoms with E-state index in [4.69, 9.17) is 4.42 Å². The molecule has 0 aliphatic rings. The third-order valence-corrected chi connectivity index (χ3v) is 6.85. The Morgan fingerprint density at radius 3 is 1.89 bits per heavy atom. The monoisotopic (exact) mass is 461 g/mol. The number of fused-ring (bicyclic) bond motifs is 5. The second-order valence-corrected chi connectivity index (χ2v) is 9.07. The van der Waals surface area contributed by atoms with Gasteiger partial charge in [0.2, 0.25) is 0 Å². The molecule has 0 saturated heterocycles. The lowest BCUT2D eigenvalue weighted by molar-refractivity contribution is 0.671. The number of hydrogen-bond acceptors (Lipinski definition) is 2. The summed E-state index contributed by atoms with van der Waals surface area (Å²) in [6.45, 7) is 0. The number of rotatable bonds is 4. The lowest BCUT2D eigenvalue weighted by Crippen LogP contribution is -1.91. The van der Waals surface area contributed by atoms with Crippen LogP contribution in [0.2, 0.25) is 0 Å². The van der Waals surface area contributed by atoms with E-state index in [-0.39, 0.29) is 0 Å². The minimum atomic E-state index is 0.874. The Morgan fingerprint density at radius 2 is 1.11 bits per heavy atom. The number of furan rings is 1. The number of nitrogens with one attached hydrogen (secondary N) is 1. The molecular formula is C34H23NO. The second kappa shape index (κ2) is 8.44. The number of para-hydroxylation sites is 1. The lowest BCUT2D eigenvalue weighted by atomic mass is 9.99. The third-order valence-electron chi connectivity index (χ3n) is 6.85. The Balaban J connectivity index is 1.41. The molecular weight excluding hydrogens is 438 g/mol. The van der Waals surface area contributed by atoms with Crippen molar-refractivity contribution >= 4 is 44.1 Å². The van der Waals surface area contributed by atoms with Gasteiger partial charge in [0.05, 0.1) is 5.69 Å². The first-order valence-corrected chi connectivity index (χ1v) is 12.2. The molecule has 0 spiro atoms. The summed E-state index contributed by atoms with van der Waals surface area (Å²) in [5.41, 5.74) is 8.44. The van der Waals surface area contributed by atoms with E-state index in [9.17, 15) is 0 Å². The van der Waals surface area contributed by atoms with Crippen LogP contribution in [0.25, 0.3) is 55.0 Å². The Kier molecular flexibility index (Phi) is 4.82. The molecule has 7 aromatic rings. The molecule has 0 amide bonds. The predicted molar refractivity (Wildman–Crippen MR) is 152 cm³/mol. The summed E-state index contributed by atoms with van der Waals surface area (Å²) in [5, 5.41) is 8.29. The molecule has 6 aromatic carbocycles. The van der Waals surface area contributed by atoms with Crippen LogP contribution in [-0.2, 0) is 0 Å². The number of anilines is 2. The topological polar surface area (TPSA) is 25.2 Å². The molecule has 1 aromatic heterocycles. The second-order valence-electron chi connectivity index (χ2n) is 9.07. The van der Waals surface area contributed by atoms with E-state index in [1.54, 1.807) is 0 Å². The Hall–Kier alpha value is -4.82. The summed E-state index contributed by atoms with van der Waals surface area (Å²) in [6.07, 6.45) is 0. The maximum Gasteiger partial charge on any atom is 0.159 e. The highest BCUT2D eigenvalue weighted by atomic mass is 16.3. The average molecular weight is 462 g/mol. The van der Waals surface area contributed by atoms with Gasteiger partial charge in [0.25, 0.3) is 0 Å². The van der Waals surface area contributed by atoms with Gasteiger partial charge >= 0.3 is 0 Å². The quantitative estimate of drug-likeness (QED) is 0.282. The first-order valence-electron chi connectivity index (χ1n) is 12.2. The third kappa shape index (κ3) is 3.43. The molecule has 0 aliphatic carbocycles. The van der Waals surface area contributed by atoms with Gasteiger partial charge < -0.3 is 9.73 Å². The van der Waals surface area contributed by atoms with Crippen molar-refractivity contribution in [2.45, 2.75) is 0 Å². The van der Waals surface area contributed by atoms with Crippen LogP contribution in [0.1, 0.15) is 0 Å².